The first-order valence-electron chi connectivity index (χ1n) is 7.69. The van der Waals surface area contributed by atoms with Gasteiger partial charge in [-0.1, -0.05) is 42.1 Å². The molecular weight excluding hydrogens is 338 g/mol. The fourth-order valence-corrected chi connectivity index (χ4v) is 2.88. The van der Waals surface area contributed by atoms with E-state index in [2.05, 4.69) is 15.5 Å². The molecule has 0 bridgehead atoms. The Balaban J connectivity index is 1.94. The fourth-order valence-electron chi connectivity index (χ4n) is 2.10. The third-order valence-electron chi connectivity index (χ3n) is 3.34. The van der Waals surface area contributed by atoms with Gasteiger partial charge in [-0.15, -0.1) is 5.10 Å². The Morgan fingerprint density at radius 2 is 1.84 bits per heavy atom. The van der Waals surface area contributed by atoms with Crippen molar-refractivity contribution in [1.29, 1.82) is 10.5 Å². The third kappa shape index (κ3) is 5.90. The van der Waals surface area contributed by atoms with E-state index in [-0.39, 0.29) is 24.5 Å². The maximum Gasteiger partial charge on any atom is 0.233 e. The maximum absolute atomic E-state index is 12.3. The number of hydrogen-bond acceptors (Lipinski definition) is 7. The molecule has 2 aromatic rings. The van der Waals surface area contributed by atoms with E-state index in [1.54, 1.807) is 4.68 Å². The van der Waals surface area contributed by atoms with Crippen molar-refractivity contribution in [2.75, 3.05) is 18.8 Å². The quantitative estimate of drug-likeness (QED) is 0.626. The Morgan fingerprint density at radius 1 is 1.16 bits per heavy atom. The smallest absolute Gasteiger partial charge is 0.233 e. The molecule has 0 unspecified atom stereocenters. The highest BCUT2D eigenvalue weighted by atomic mass is 32.2. The van der Waals surface area contributed by atoms with Crippen LogP contribution in [0.5, 0.6) is 0 Å². The van der Waals surface area contributed by atoms with Crippen molar-refractivity contribution in [3.63, 3.8) is 0 Å². The van der Waals surface area contributed by atoms with E-state index in [9.17, 15) is 4.79 Å². The molecule has 0 N–H and O–H groups in total. The molecule has 9 heteroatoms. The van der Waals surface area contributed by atoms with Crippen molar-refractivity contribution >= 4 is 17.7 Å². The molecule has 128 valence electrons. The minimum Gasteiger partial charge on any atom is -0.340 e. The van der Waals surface area contributed by atoms with Gasteiger partial charge in [0.15, 0.2) is 0 Å². The molecule has 0 aliphatic carbocycles. The molecule has 0 saturated carbocycles. The zero-order valence-electron chi connectivity index (χ0n) is 13.6. The number of nitrogens with zero attached hydrogens (tertiary/aromatic N) is 7. The molecule has 1 aromatic heterocycles. The molecule has 0 saturated heterocycles. The third-order valence-corrected chi connectivity index (χ3v) is 4.28. The van der Waals surface area contributed by atoms with Crippen molar-refractivity contribution in [1.82, 2.24) is 25.1 Å². The maximum atomic E-state index is 12.3. The zero-order chi connectivity index (χ0) is 17.9. The molecule has 1 aromatic carbocycles. The highest BCUT2D eigenvalue weighted by molar-refractivity contribution is 7.99. The number of aromatic nitrogens is 4. The van der Waals surface area contributed by atoms with E-state index in [0.29, 0.717) is 24.8 Å². The topological polar surface area (TPSA) is 111 Å². The summed E-state index contributed by atoms with van der Waals surface area (Å²) < 4.78 is 1.64. The van der Waals surface area contributed by atoms with E-state index in [1.165, 1.54) is 16.7 Å². The molecule has 0 radical (unpaired) electrons. The SMILES string of the molecule is N#CCCN(CCC#N)C(=O)CSc1nnnn1Cc1ccccc1. The molecule has 1 heterocycles. The van der Waals surface area contributed by atoms with Crippen LogP contribution in [0.25, 0.3) is 0 Å². The summed E-state index contributed by atoms with van der Waals surface area (Å²) >= 11 is 1.25. The second-order valence-corrected chi connectivity index (χ2v) is 6.03. The Bertz CT molecular complexity index is 745. The predicted octanol–water partition coefficient (Wildman–Crippen LogP) is 1.47. The van der Waals surface area contributed by atoms with Crippen LogP contribution in [0, 0.1) is 22.7 Å². The van der Waals surface area contributed by atoms with Gasteiger partial charge in [-0.05, 0) is 16.0 Å². The summed E-state index contributed by atoms with van der Waals surface area (Å²) in [6, 6.07) is 13.8. The van der Waals surface area contributed by atoms with Crippen LogP contribution in [0.1, 0.15) is 18.4 Å². The zero-order valence-corrected chi connectivity index (χ0v) is 14.4. The summed E-state index contributed by atoms with van der Waals surface area (Å²) in [6.07, 6.45) is 0.487. The van der Waals surface area contributed by atoms with Gasteiger partial charge in [0.2, 0.25) is 11.1 Å². The van der Waals surface area contributed by atoms with Crippen LogP contribution in [0.15, 0.2) is 35.5 Å². The van der Waals surface area contributed by atoms with Gasteiger partial charge in [-0.25, -0.2) is 4.68 Å². The number of thioether (sulfide) groups is 1. The summed E-state index contributed by atoms with van der Waals surface area (Å²) in [5, 5.41) is 29.5. The first-order valence-corrected chi connectivity index (χ1v) is 8.67. The lowest BCUT2D eigenvalue weighted by Gasteiger charge is -2.19. The predicted molar refractivity (Wildman–Crippen MR) is 91.1 cm³/mol. The first-order chi connectivity index (χ1) is 12.2. The van der Waals surface area contributed by atoms with E-state index >= 15 is 0 Å². The van der Waals surface area contributed by atoms with Crippen LogP contribution in [0.4, 0.5) is 0 Å². The summed E-state index contributed by atoms with van der Waals surface area (Å²) in [5.74, 6) is 0.0243. The Kier molecular flexibility index (Phi) is 7.41. The van der Waals surface area contributed by atoms with Crippen LogP contribution in [0.3, 0.4) is 0 Å². The summed E-state index contributed by atoms with van der Waals surface area (Å²) in [4.78, 5) is 13.9. The van der Waals surface area contributed by atoms with Gasteiger partial charge in [0.25, 0.3) is 0 Å². The lowest BCUT2D eigenvalue weighted by Crippen LogP contribution is -2.34. The number of carbonyl (C=O) groups excluding carboxylic acids is 1. The number of benzene rings is 1. The summed E-state index contributed by atoms with van der Waals surface area (Å²) in [5.41, 5.74) is 1.06. The van der Waals surface area contributed by atoms with Crippen molar-refractivity contribution in [2.24, 2.45) is 0 Å². The Labute approximate surface area is 150 Å². The molecule has 1 amide bonds. The average Bonchev–Trinajstić information content (AvgIpc) is 3.07. The van der Waals surface area contributed by atoms with Crippen LogP contribution >= 0.6 is 11.8 Å². The van der Waals surface area contributed by atoms with E-state index in [4.69, 9.17) is 10.5 Å². The largest absolute Gasteiger partial charge is 0.340 e. The summed E-state index contributed by atoms with van der Waals surface area (Å²) in [6.45, 7) is 1.18. The summed E-state index contributed by atoms with van der Waals surface area (Å²) in [7, 11) is 0. The average molecular weight is 355 g/mol. The van der Waals surface area contributed by atoms with Crippen LogP contribution < -0.4 is 0 Å². The molecule has 2 rings (SSSR count). The first kappa shape index (κ1) is 18.4. The second kappa shape index (κ2) is 10.1. The second-order valence-electron chi connectivity index (χ2n) is 5.09. The van der Waals surface area contributed by atoms with Crippen molar-refractivity contribution in [3.05, 3.63) is 35.9 Å². The lowest BCUT2D eigenvalue weighted by molar-refractivity contribution is -0.128. The monoisotopic (exact) mass is 355 g/mol. The van der Waals surface area contributed by atoms with Crippen molar-refractivity contribution < 1.29 is 4.79 Å². The number of rotatable bonds is 9. The molecule has 25 heavy (non-hydrogen) atoms. The minimum atomic E-state index is -0.134. The standard InChI is InChI=1S/C16H17N7OS/c17-8-4-10-22(11-5-9-18)15(24)13-25-16-19-20-21-23(16)12-14-6-2-1-3-7-14/h1-3,6-7H,4-5,10-13H2. The van der Waals surface area contributed by atoms with E-state index in [1.807, 2.05) is 42.5 Å². The molecule has 0 aliphatic rings. The number of amides is 1. The highest BCUT2D eigenvalue weighted by Crippen LogP contribution is 2.16. The fraction of sp³-hybridized carbons (Fsp3) is 0.375. The molecule has 0 atom stereocenters. The van der Waals surface area contributed by atoms with Gasteiger partial charge in [0, 0.05) is 13.1 Å². The Hall–Kier alpha value is -2.91. The van der Waals surface area contributed by atoms with Crippen molar-refractivity contribution in [2.45, 2.75) is 24.5 Å². The molecular formula is C16H17N7OS. The molecule has 8 nitrogen and oxygen atoms in total. The van der Waals surface area contributed by atoms with Gasteiger partial charge >= 0.3 is 0 Å². The lowest BCUT2D eigenvalue weighted by atomic mass is 10.2. The number of nitriles is 2. The molecule has 0 fully saturated rings. The van der Waals surface area contributed by atoms with Crippen LogP contribution in [0.2, 0.25) is 0 Å². The van der Waals surface area contributed by atoms with Gasteiger partial charge in [-0.3, -0.25) is 4.79 Å². The van der Waals surface area contributed by atoms with Gasteiger partial charge in [0.05, 0.1) is 37.3 Å². The van der Waals surface area contributed by atoms with Crippen LogP contribution in [-0.2, 0) is 11.3 Å². The number of hydrogen-bond donors (Lipinski definition) is 0. The highest BCUT2D eigenvalue weighted by Gasteiger charge is 2.16. The minimum absolute atomic E-state index is 0.134. The molecule has 0 aliphatic heterocycles. The number of tetrazole rings is 1. The van der Waals surface area contributed by atoms with Crippen LogP contribution in [-0.4, -0.2) is 49.9 Å². The van der Waals surface area contributed by atoms with Gasteiger partial charge < -0.3 is 4.90 Å². The normalized spacial score (nSPS) is 10.0. The van der Waals surface area contributed by atoms with Gasteiger partial charge in [0.1, 0.15) is 0 Å². The number of carbonyl (C=O) groups is 1. The van der Waals surface area contributed by atoms with Gasteiger partial charge in [-0.2, -0.15) is 10.5 Å². The van der Waals surface area contributed by atoms with E-state index < -0.39 is 0 Å². The van der Waals surface area contributed by atoms with E-state index in [0.717, 1.165) is 5.56 Å². The molecule has 0 spiro atoms. The van der Waals surface area contributed by atoms with Crippen molar-refractivity contribution in [3.8, 4) is 12.1 Å². The Morgan fingerprint density at radius 3 is 2.48 bits per heavy atom.